The first kappa shape index (κ1) is 19.9. The molecule has 1 atom stereocenters. The highest BCUT2D eigenvalue weighted by Gasteiger charge is 2.21. The van der Waals surface area contributed by atoms with E-state index in [-0.39, 0.29) is 16.3 Å². The number of esters is 1. The zero-order valence-corrected chi connectivity index (χ0v) is 15.3. The molecule has 0 saturated carbocycles. The molecule has 0 aromatic heterocycles. The SMILES string of the molecule is C[C@@H](OC(=O)c1ccc([N+](=O)[O-])cc1Cl)C(=O)NCCC1=CCCCC1. The van der Waals surface area contributed by atoms with Crippen molar-refractivity contribution in [2.45, 2.75) is 45.1 Å². The molecule has 0 saturated heterocycles. The van der Waals surface area contributed by atoms with Gasteiger partial charge in [0, 0.05) is 18.7 Å². The van der Waals surface area contributed by atoms with Crippen LogP contribution in [0.4, 0.5) is 5.69 Å². The number of carbonyl (C=O) groups is 2. The smallest absolute Gasteiger partial charge is 0.340 e. The van der Waals surface area contributed by atoms with Crippen molar-refractivity contribution in [3.05, 3.63) is 50.5 Å². The molecule has 1 aliphatic carbocycles. The Morgan fingerprint density at radius 1 is 1.38 bits per heavy atom. The summed E-state index contributed by atoms with van der Waals surface area (Å²) in [4.78, 5) is 34.2. The van der Waals surface area contributed by atoms with Crippen LogP contribution in [0.3, 0.4) is 0 Å². The number of rotatable bonds is 7. The third-order valence-corrected chi connectivity index (χ3v) is 4.48. The average Bonchev–Trinajstić information content (AvgIpc) is 2.62. The normalized spacial score (nSPS) is 14.9. The maximum absolute atomic E-state index is 12.1. The topological polar surface area (TPSA) is 98.5 Å². The molecule has 0 aliphatic heterocycles. The molecule has 140 valence electrons. The second-order valence-corrected chi connectivity index (χ2v) is 6.53. The number of carbonyl (C=O) groups excluding carboxylic acids is 2. The van der Waals surface area contributed by atoms with Gasteiger partial charge in [-0.2, -0.15) is 0 Å². The van der Waals surface area contributed by atoms with Crippen molar-refractivity contribution in [2.24, 2.45) is 0 Å². The van der Waals surface area contributed by atoms with E-state index in [9.17, 15) is 19.7 Å². The van der Waals surface area contributed by atoms with E-state index >= 15 is 0 Å². The van der Waals surface area contributed by atoms with Crippen molar-refractivity contribution in [1.82, 2.24) is 5.32 Å². The zero-order chi connectivity index (χ0) is 19.1. The minimum atomic E-state index is -0.992. The fraction of sp³-hybridized carbons (Fsp3) is 0.444. The van der Waals surface area contributed by atoms with Crippen LogP contribution in [-0.2, 0) is 9.53 Å². The number of halogens is 1. The van der Waals surface area contributed by atoms with E-state index in [0.29, 0.717) is 6.54 Å². The Hall–Kier alpha value is -2.41. The zero-order valence-electron chi connectivity index (χ0n) is 14.5. The summed E-state index contributed by atoms with van der Waals surface area (Å²) in [6, 6.07) is 3.44. The van der Waals surface area contributed by atoms with Gasteiger partial charge in [-0.3, -0.25) is 14.9 Å². The maximum atomic E-state index is 12.1. The molecule has 0 unspecified atom stereocenters. The average molecular weight is 381 g/mol. The first-order valence-corrected chi connectivity index (χ1v) is 8.87. The quantitative estimate of drug-likeness (QED) is 0.335. The number of amides is 1. The lowest BCUT2D eigenvalue weighted by Gasteiger charge is -2.16. The standard InChI is InChI=1S/C18H21ClN2O5/c1-12(17(22)20-10-9-13-5-3-2-4-6-13)26-18(23)15-8-7-14(21(24)25)11-16(15)19/h5,7-8,11-12H,2-4,6,9-10H2,1H3,(H,20,22)/t12-/m1/s1. The van der Waals surface area contributed by atoms with Gasteiger partial charge in [0.2, 0.25) is 0 Å². The van der Waals surface area contributed by atoms with E-state index in [0.717, 1.165) is 31.4 Å². The molecule has 1 aromatic rings. The van der Waals surface area contributed by atoms with Crippen molar-refractivity contribution in [3.63, 3.8) is 0 Å². The lowest BCUT2D eigenvalue weighted by atomic mass is 9.97. The molecule has 1 aliphatic rings. The number of hydrogen-bond donors (Lipinski definition) is 1. The Morgan fingerprint density at radius 3 is 2.77 bits per heavy atom. The molecule has 1 N–H and O–H groups in total. The van der Waals surface area contributed by atoms with E-state index in [4.69, 9.17) is 16.3 Å². The summed E-state index contributed by atoms with van der Waals surface area (Å²) in [6.07, 6.45) is 6.58. The largest absolute Gasteiger partial charge is 0.449 e. The van der Waals surface area contributed by atoms with Gasteiger partial charge < -0.3 is 10.1 Å². The van der Waals surface area contributed by atoms with Gasteiger partial charge in [0.25, 0.3) is 11.6 Å². The van der Waals surface area contributed by atoms with Crippen LogP contribution in [0.1, 0.15) is 49.4 Å². The van der Waals surface area contributed by atoms with Crippen LogP contribution in [0.15, 0.2) is 29.8 Å². The molecule has 0 radical (unpaired) electrons. The third kappa shape index (κ3) is 5.56. The van der Waals surface area contributed by atoms with Crippen molar-refractivity contribution in [1.29, 1.82) is 0 Å². The number of nitro benzene ring substituents is 1. The van der Waals surface area contributed by atoms with Crippen molar-refractivity contribution < 1.29 is 19.2 Å². The summed E-state index contributed by atoms with van der Waals surface area (Å²) < 4.78 is 5.10. The molecule has 8 heteroatoms. The first-order chi connectivity index (χ1) is 12.4. The third-order valence-electron chi connectivity index (χ3n) is 4.17. The number of benzene rings is 1. The minimum absolute atomic E-state index is 0.0238. The molecule has 0 bridgehead atoms. The molecular weight excluding hydrogens is 360 g/mol. The number of allylic oxidation sites excluding steroid dienone is 1. The lowest BCUT2D eigenvalue weighted by molar-refractivity contribution is -0.384. The molecule has 2 rings (SSSR count). The maximum Gasteiger partial charge on any atom is 0.340 e. The fourth-order valence-electron chi connectivity index (χ4n) is 2.68. The number of nitrogens with zero attached hydrogens (tertiary/aromatic N) is 1. The van der Waals surface area contributed by atoms with Gasteiger partial charge >= 0.3 is 5.97 Å². The van der Waals surface area contributed by atoms with Crippen LogP contribution in [0.25, 0.3) is 0 Å². The highest BCUT2D eigenvalue weighted by molar-refractivity contribution is 6.33. The first-order valence-electron chi connectivity index (χ1n) is 8.49. The molecule has 26 heavy (non-hydrogen) atoms. The predicted molar refractivity (Wildman–Crippen MR) is 97.2 cm³/mol. The second kappa shape index (κ2) is 9.33. The van der Waals surface area contributed by atoms with Crippen molar-refractivity contribution >= 4 is 29.2 Å². The van der Waals surface area contributed by atoms with E-state index in [2.05, 4.69) is 11.4 Å². The van der Waals surface area contributed by atoms with E-state index in [1.54, 1.807) is 0 Å². The Morgan fingerprint density at radius 2 is 2.15 bits per heavy atom. The number of nitrogens with one attached hydrogen (secondary N) is 1. The Balaban J connectivity index is 1.84. The molecule has 0 heterocycles. The Kier molecular flexibility index (Phi) is 7.15. The van der Waals surface area contributed by atoms with Crippen LogP contribution in [0, 0.1) is 10.1 Å². The molecule has 7 nitrogen and oxygen atoms in total. The summed E-state index contributed by atoms with van der Waals surface area (Å²) in [7, 11) is 0. The monoisotopic (exact) mass is 380 g/mol. The van der Waals surface area contributed by atoms with E-state index in [1.165, 1.54) is 31.4 Å². The molecular formula is C18H21ClN2O5. The number of nitro groups is 1. The van der Waals surface area contributed by atoms with E-state index < -0.39 is 22.9 Å². The molecule has 1 aromatic carbocycles. The highest BCUT2D eigenvalue weighted by Crippen LogP contribution is 2.23. The molecule has 1 amide bonds. The van der Waals surface area contributed by atoms with Gasteiger partial charge in [-0.15, -0.1) is 0 Å². The number of ether oxygens (including phenoxy) is 1. The van der Waals surface area contributed by atoms with Crippen LogP contribution in [0.2, 0.25) is 5.02 Å². The summed E-state index contributed by atoms with van der Waals surface area (Å²) in [5.74, 6) is -1.20. The van der Waals surface area contributed by atoms with Gasteiger partial charge in [-0.25, -0.2) is 4.79 Å². The van der Waals surface area contributed by atoms with Crippen LogP contribution < -0.4 is 5.32 Å². The highest BCUT2D eigenvalue weighted by atomic mass is 35.5. The fourth-order valence-corrected chi connectivity index (χ4v) is 2.93. The number of non-ortho nitro benzene ring substituents is 1. The molecule has 0 fully saturated rings. The second-order valence-electron chi connectivity index (χ2n) is 6.12. The van der Waals surface area contributed by atoms with Crippen LogP contribution >= 0.6 is 11.6 Å². The summed E-state index contributed by atoms with van der Waals surface area (Å²) >= 11 is 5.89. The summed E-state index contributed by atoms with van der Waals surface area (Å²) in [5, 5.41) is 13.3. The van der Waals surface area contributed by atoms with Crippen molar-refractivity contribution in [3.8, 4) is 0 Å². The van der Waals surface area contributed by atoms with Gasteiger partial charge in [0.05, 0.1) is 15.5 Å². The Labute approximate surface area is 156 Å². The van der Waals surface area contributed by atoms with Gasteiger partial charge in [0.1, 0.15) is 0 Å². The predicted octanol–water partition coefficient (Wildman–Crippen LogP) is 3.80. The Bertz CT molecular complexity index is 732. The van der Waals surface area contributed by atoms with Gasteiger partial charge in [0.15, 0.2) is 6.10 Å². The van der Waals surface area contributed by atoms with Gasteiger partial charge in [-0.05, 0) is 45.1 Å². The van der Waals surface area contributed by atoms with Crippen LogP contribution in [0.5, 0.6) is 0 Å². The molecule has 0 spiro atoms. The van der Waals surface area contributed by atoms with Gasteiger partial charge in [-0.1, -0.05) is 23.3 Å². The van der Waals surface area contributed by atoms with Crippen LogP contribution in [-0.4, -0.2) is 29.4 Å². The minimum Gasteiger partial charge on any atom is -0.449 e. The van der Waals surface area contributed by atoms with Crippen molar-refractivity contribution in [2.75, 3.05) is 6.54 Å². The lowest BCUT2D eigenvalue weighted by Crippen LogP contribution is -2.36. The number of hydrogen-bond acceptors (Lipinski definition) is 5. The van der Waals surface area contributed by atoms with E-state index in [1.807, 2.05) is 0 Å². The summed E-state index contributed by atoms with van der Waals surface area (Å²) in [5.41, 5.74) is 1.09. The summed E-state index contributed by atoms with van der Waals surface area (Å²) in [6.45, 7) is 1.96.